The molecular formula is C14H18N4O2. The van der Waals surface area contributed by atoms with Crippen LogP contribution in [0.15, 0.2) is 36.9 Å². The molecule has 0 saturated heterocycles. The van der Waals surface area contributed by atoms with E-state index in [2.05, 4.69) is 15.4 Å². The number of carbonyl (C=O) groups excluding carboxylic acids is 1. The fourth-order valence-corrected chi connectivity index (χ4v) is 1.87. The van der Waals surface area contributed by atoms with E-state index in [1.807, 2.05) is 24.3 Å². The molecule has 20 heavy (non-hydrogen) atoms. The molecule has 1 aromatic carbocycles. The zero-order valence-electron chi connectivity index (χ0n) is 11.4. The molecule has 1 unspecified atom stereocenters. The number of anilines is 1. The average Bonchev–Trinajstić information content (AvgIpc) is 2.98. The first-order valence-corrected chi connectivity index (χ1v) is 6.55. The lowest BCUT2D eigenvalue weighted by molar-refractivity contribution is -0.119. The maximum atomic E-state index is 12.1. The fraction of sp³-hybridized carbons (Fsp3) is 0.357. The lowest BCUT2D eigenvalue weighted by Crippen LogP contribution is -2.24. The lowest BCUT2D eigenvalue weighted by atomic mass is 10.1. The summed E-state index contributed by atoms with van der Waals surface area (Å²) in [6.45, 7) is 1.93. The summed E-state index contributed by atoms with van der Waals surface area (Å²) in [6, 6.07) is 7.21. The second kappa shape index (κ2) is 6.81. The standard InChI is InChI=1S/C14H18N4O2/c1-11(18-10-15-9-16-18)14(20)17-13-6-2-4-12(8-13)5-3-7-19/h2,4,6,8-11,19H,3,5,7H2,1H3,(H,17,20). The minimum atomic E-state index is -0.418. The third-order valence-corrected chi connectivity index (χ3v) is 3.03. The van der Waals surface area contributed by atoms with Crippen LogP contribution in [0.3, 0.4) is 0 Å². The highest BCUT2D eigenvalue weighted by Crippen LogP contribution is 2.14. The quantitative estimate of drug-likeness (QED) is 0.834. The summed E-state index contributed by atoms with van der Waals surface area (Å²) < 4.78 is 1.50. The van der Waals surface area contributed by atoms with Gasteiger partial charge < -0.3 is 10.4 Å². The Kier molecular flexibility index (Phi) is 4.84. The number of hydrogen-bond donors (Lipinski definition) is 2. The van der Waals surface area contributed by atoms with Crippen molar-refractivity contribution in [2.75, 3.05) is 11.9 Å². The van der Waals surface area contributed by atoms with E-state index in [1.165, 1.54) is 17.3 Å². The number of nitrogens with one attached hydrogen (secondary N) is 1. The Morgan fingerprint density at radius 2 is 2.35 bits per heavy atom. The Balaban J connectivity index is 2.00. The highest BCUT2D eigenvalue weighted by atomic mass is 16.2. The van der Waals surface area contributed by atoms with Crippen LogP contribution in [-0.4, -0.2) is 32.4 Å². The molecule has 2 N–H and O–H groups in total. The topological polar surface area (TPSA) is 80.0 Å². The monoisotopic (exact) mass is 274 g/mol. The molecule has 2 aromatic rings. The molecule has 106 valence electrons. The Morgan fingerprint density at radius 1 is 1.50 bits per heavy atom. The van der Waals surface area contributed by atoms with E-state index in [0.717, 1.165) is 17.7 Å². The summed E-state index contributed by atoms with van der Waals surface area (Å²) in [6.07, 6.45) is 4.42. The van der Waals surface area contributed by atoms with E-state index in [9.17, 15) is 4.79 Å². The highest BCUT2D eigenvalue weighted by molar-refractivity contribution is 5.93. The fourth-order valence-electron chi connectivity index (χ4n) is 1.87. The molecule has 0 saturated carbocycles. The maximum absolute atomic E-state index is 12.1. The SMILES string of the molecule is CC(C(=O)Nc1cccc(CCCO)c1)n1cncn1. The predicted octanol–water partition coefficient (Wildman–Crippen LogP) is 1.40. The van der Waals surface area contributed by atoms with Crippen LogP contribution in [0.5, 0.6) is 0 Å². The van der Waals surface area contributed by atoms with Gasteiger partial charge in [0, 0.05) is 12.3 Å². The van der Waals surface area contributed by atoms with Gasteiger partial charge in [0.2, 0.25) is 5.91 Å². The van der Waals surface area contributed by atoms with E-state index in [0.29, 0.717) is 6.42 Å². The molecule has 0 aliphatic rings. The number of amides is 1. The molecule has 0 spiro atoms. The number of aromatic nitrogens is 3. The van der Waals surface area contributed by atoms with E-state index < -0.39 is 6.04 Å². The van der Waals surface area contributed by atoms with Gasteiger partial charge in [-0.1, -0.05) is 12.1 Å². The van der Waals surface area contributed by atoms with E-state index in [4.69, 9.17) is 5.11 Å². The lowest BCUT2D eigenvalue weighted by Gasteiger charge is -2.12. The molecule has 2 rings (SSSR count). The van der Waals surface area contributed by atoms with Crippen molar-refractivity contribution in [3.8, 4) is 0 Å². The molecule has 1 atom stereocenters. The van der Waals surface area contributed by atoms with Gasteiger partial charge >= 0.3 is 0 Å². The predicted molar refractivity (Wildman–Crippen MR) is 75.2 cm³/mol. The smallest absolute Gasteiger partial charge is 0.249 e. The third-order valence-electron chi connectivity index (χ3n) is 3.03. The molecule has 6 heteroatoms. The van der Waals surface area contributed by atoms with Crippen molar-refractivity contribution in [2.24, 2.45) is 0 Å². The number of carbonyl (C=O) groups is 1. The number of aliphatic hydroxyl groups excluding tert-OH is 1. The molecule has 1 heterocycles. The molecular weight excluding hydrogens is 256 g/mol. The van der Waals surface area contributed by atoms with Crippen molar-refractivity contribution in [1.29, 1.82) is 0 Å². The average molecular weight is 274 g/mol. The largest absolute Gasteiger partial charge is 0.396 e. The Bertz CT molecular complexity index is 554. The summed E-state index contributed by atoms with van der Waals surface area (Å²) in [5.74, 6) is -0.144. The van der Waals surface area contributed by atoms with Crippen LogP contribution in [0, 0.1) is 0 Å². The van der Waals surface area contributed by atoms with Gasteiger partial charge in [-0.3, -0.25) is 4.79 Å². The van der Waals surface area contributed by atoms with Crippen LogP contribution >= 0.6 is 0 Å². The Labute approximate surface area is 117 Å². The van der Waals surface area contributed by atoms with Crippen molar-refractivity contribution in [1.82, 2.24) is 14.8 Å². The number of hydrogen-bond acceptors (Lipinski definition) is 4. The molecule has 0 bridgehead atoms. The second-order valence-corrected chi connectivity index (χ2v) is 4.57. The van der Waals surface area contributed by atoms with Crippen LogP contribution in [0.1, 0.15) is 24.9 Å². The molecule has 6 nitrogen and oxygen atoms in total. The summed E-state index contributed by atoms with van der Waals surface area (Å²) >= 11 is 0. The maximum Gasteiger partial charge on any atom is 0.249 e. The normalized spacial score (nSPS) is 12.1. The van der Waals surface area contributed by atoms with E-state index in [-0.39, 0.29) is 12.5 Å². The first kappa shape index (κ1) is 14.2. The van der Waals surface area contributed by atoms with Crippen molar-refractivity contribution >= 4 is 11.6 Å². The van der Waals surface area contributed by atoms with Gasteiger partial charge in [-0.25, -0.2) is 9.67 Å². The first-order chi connectivity index (χ1) is 9.70. The van der Waals surface area contributed by atoms with Crippen LogP contribution in [0.4, 0.5) is 5.69 Å². The Hall–Kier alpha value is -2.21. The van der Waals surface area contributed by atoms with Crippen molar-refractivity contribution in [2.45, 2.75) is 25.8 Å². The number of nitrogens with zero attached hydrogens (tertiary/aromatic N) is 3. The number of aliphatic hydroxyl groups is 1. The minimum Gasteiger partial charge on any atom is -0.396 e. The zero-order chi connectivity index (χ0) is 14.4. The molecule has 0 radical (unpaired) electrons. The highest BCUT2D eigenvalue weighted by Gasteiger charge is 2.15. The minimum absolute atomic E-state index is 0.144. The number of benzene rings is 1. The number of aryl methyl sites for hydroxylation is 1. The van der Waals surface area contributed by atoms with Gasteiger partial charge in [-0.05, 0) is 37.5 Å². The summed E-state index contributed by atoms with van der Waals surface area (Å²) in [5.41, 5.74) is 1.84. The van der Waals surface area contributed by atoms with Crippen molar-refractivity contribution < 1.29 is 9.90 Å². The van der Waals surface area contributed by atoms with Crippen LogP contribution < -0.4 is 5.32 Å². The van der Waals surface area contributed by atoms with Gasteiger partial charge in [0.25, 0.3) is 0 Å². The van der Waals surface area contributed by atoms with Crippen LogP contribution in [0.25, 0.3) is 0 Å². The van der Waals surface area contributed by atoms with Crippen molar-refractivity contribution in [3.05, 3.63) is 42.5 Å². The molecule has 1 aromatic heterocycles. The van der Waals surface area contributed by atoms with Gasteiger partial charge in [0.05, 0.1) is 0 Å². The third kappa shape index (κ3) is 3.64. The van der Waals surface area contributed by atoms with E-state index in [1.54, 1.807) is 6.92 Å². The van der Waals surface area contributed by atoms with E-state index >= 15 is 0 Å². The molecule has 1 amide bonds. The molecule has 0 fully saturated rings. The second-order valence-electron chi connectivity index (χ2n) is 4.57. The number of rotatable bonds is 6. The summed E-state index contributed by atoms with van der Waals surface area (Å²) in [4.78, 5) is 15.9. The van der Waals surface area contributed by atoms with Crippen LogP contribution in [-0.2, 0) is 11.2 Å². The van der Waals surface area contributed by atoms with Gasteiger partial charge in [0.1, 0.15) is 18.7 Å². The first-order valence-electron chi connectivity index (χ1n) is 6.55. The summed E-state index contributed by atoms with van der Waals surface area (Å²) in [5, 5.41) is 15.6. The van der Waals surface area contributed by atoms with Gasteiger partial charge in [-0.2, -0.15) is 5.10 Å². The zero-order valence-corrected chi connectivity index (χ0v) is 11.4. The molecule has 0 aliphatic heterocycles. The Morgan fingerprint density at radius 3 is 3.05 bits per heavy atom. The van der Waals surface area contributed by atoms with Crippen molar-refractivity contribution in [3.63, 3.8) is 0 Å². The van der Waals surface area contributed by atoms with Gasteiger partial charge in [0.15, 0.2) is 0 Å². The summed E-state index contributed by atoms with van der Waals surface area (Å²) in [7, 11) is 0. The molecule has 0 aliphatic carbocycles. The van der Waals surface area contributed by atoms with Gasteiger partial charge in [-0.15, -0.1) is 0 Å². The van der Waals surface area contributed by atoms with Crippen LogP contribution in [0.2, 0.25) is 0 Å².